The number of rotatable bonds is 8. The molecular formula is C14H19NO. The van der Waals surface area contributed by atoms with Crippen LogP contribution in [0.2, 0.25) is 0 Å². The Morgan fingerprint density at radius 3 is 2.94 bits per heavy atom. The number of hydrogen-bond acceptors (Lipinski definition) is 2. The van der Waals surface area contributed by atoms with Gasteiger partial charge in [-0.3, -0.25) is 9.78 Å². The quantitative estimate of drug-likeness (QED) is 0.494. The summed E-state index contributed by atoms with van der Waals surface area (Å²) in [5.41, 5.74) is 1.01. The Labute approximate surface area is 97.4 Å². The second-order valence-electron chi connectivity index (χ2n) is 3.96. The molecule has 1 rings (SSSR count). The predicted molar refractivity (Wildman–Crippen MR) is 66.2 cm³/mol. The van der Waals surface area contributed by atoms with Crippen molar-refractivity contribution < 1.29 is 4.79 Å². The molecule has 0 saturated carbocycles. The van der Waals surface area contributed by atoms with Gasteiger partial charge >= 0.3 is 0 Å². The molecule has 0 aliphatic rings. The second-order valence-corrected chi connectivity index (χ2v) is 3.96. The van der Waals surface area contributed by atoms with E-state index in [0.717, 1.165) is 31.2 Å². The SMILES string of the molecule is C=CCCCCCC(=O)Cc1cccnc1. The fourth-order valence-corrected chi connectivity index (χ4v) is 1.61. The molecule has 1 aromatic rings. The molecule has 2 nitrogen and oxygen atoms in total. The van der Waals surface area contributed by atoms with E-state index in [0.29, 0.717) is 18.6 Å². The summed E-state index contributed by atoms with van der Waals surface area (Å²) in [6.07, 6.45) is 10.9. The summed E-state index contributed by atoms with van der Waals surface area (Å²) in [6.45, 7) is 3.68. The first kappa shape index (κ1) is 12.6. The van der Waals surface area contributed by atoms with E-state index in [4.69, 9.17) is 0 Å². The van der Waals surface area contributed by atoms with Gasteiger partial charge in [0, 0.05) is 25.2 Å². The maximum atomic E-state index is 11.6. The number of Topliss-reactive ketones (excluding diaryl/α,β-unsaturated/α-hetero) is 1. The highest BCUT2D eigenvalue weighted by Gasteiger charge is 2.03. The third kappa shape index (κ3) is 5.44. The lowest BCUT2D eigenvalue weighted by Gasteiger charge is -2.00. The Morgan fingerprint density at radius 2 is 2.25 bits per heavy atom. The zero-order valence-corrected chi connectivity index (χ0v) is 9.69. The summed E-state index contributed by atoms with van der Waals surface area (Å²) in [5.74, 6) is 0.312. The van der Waals surface area contributed by atoms with Crippen molar-refractivity contribution in [2.45, 2.75) is 38.5 Å². The molecule has 0 N–H and O–H groups in total. The van der Waals surface area contributed by atoms with Gasteiger partial charge in [0.1, 0.15) is 5.78 Å². The summed E-state index contributed by atoms with van der Waals surface area (Å²) in [7, 11) is 0. The standard InChI is InChI=1S/C14H19NO/c1-2-3-4-5-6-9-14(16)11-13-8-7-10-15-12-13/h2,7-8,10,12H,1,3-6,9,11H2. The van der Waals surface area contributed by atoms with Crippen LogP contribution in [-0.4, -0.2) is 10.8 Å². The van der Waals surface area contributed by atoms with E-state index in [1.165, 1.54) is 0 Å². The van der Waals surface area contributed by atoms with Crippen LogP contribution < -0.4 is 0 Å². The molecular weight excluding hydrogens is 198 g/mol. The summed E-state index contributed by atoms with van der Waals surface area (Å²) >= 11 is 0. The molecule has 0 aliphatic heterocycles. The molecule has 1 aromatic heterocycles. The van der Waals surface area contributed by atoms with Crippen LogP contribution in [0.5, 0.6) is 0 Å². The lowest BCUT2D eigenvalue weighted by molar-refractivity contribution is -0.118. The number of allylic oxidation sites excluding steroid dienone is 1. The van der Waals surface area contributed by atoms with Crippen molar-refractivity contribution in [3.63, 3.8) is 0 Å². The minimum atomic E-state index is 0.312. The minimum Gasteiger partial charge on any atom is -0.299 e. The molecule has 86 valence electrons. The molecule has 16 heavy (non-hydrogen) atoms. The molecule has 0 fully saturated rings. The first-order chi connectivity index (χ1) is 7.83. The zero-order valence-electron chi connectivity index (χ0n) is 9.69. The third-order valence-electron chi connectivity index (χ3n) is 2.49. The molecule has 0 aliphatic carbocycles. The summed E-state index contributed by atoms with van der Waals surface area (Å²) in [4.78, 5) is 15.6. The Bertz CT molecular complexity index is 319. The molecule has 0 atom stereocenters. The smallest absolute Gasteiger partial charge is 0.137 e. The van der Waals surface area contributed by atoms with E-state index < -0.39 is 0 Å². The Morgan fingerprint density at radius 1 is 1.38 bits per heavy atom. The molecule has 0 unspecified atom stereocenters. The van der Waals surface area contributed by atoms with E-state index in [2.05, 4.69) is 11.6 Å². The van der Waals surface area contributed by atoms with Crippen LogP contribution in [-0.2, 0) is 11.2 Å². The molecule has 0 amide bonds. The lowest BCUT2D eigenvalue weighted by atomic mass is 10.0. The van der Waals surface area contributed by atoms with Gasteiger partial charge in [-0.2, -0.15) is 0 Å². The predicted octanol–water partition coefficient (Wildman–Crippen LogP) is 3.33. The van der Waals surface area contributed by atoms with Crippen molar-refractivity contribution >= 4 is 5.78 Å². The normalized spacial score (nSPS) is 10.0. The Balaban J connectivity index is 2.14. The summed E-state index contributed by atoms with van der Waals surface area (Å²) in [6, 6.07) is 3.81. The number of aromatic nitrogens is 1. The molecule has 2 heteroatoms. The van der Waals surface area contributed by atoms with Crippen molar-refractivity contribution in [1.29, 1.82) is 0 Å². The number of carbonyl (C=O) groups is 1. The Kier molecular flexibility index (Phi) is 6.16. The van der Waals surface area contributed by atoms with E-state index in [-0.39, 0.29) is 0 Å². The van der Waals surface area contributed by atoms with Crippen LogP contribution in [0.1, 0.15) is 37.7 Å². The van der Waals surface area contributed by atoms with Crippen LogP contribution in [0, 0.1) is 0 Å². The number of ketones is 1. The first-order valence-electron chi connectivity index (χ1n) is 5.84. The van der Waals surface area contributed by atoms with Gasteiger partial charge in [-0.1, -0.05) is 18.6 Å². The monoisotopic (exact) mass is 217 g/mol. The number of nitrogens with zero attached hydrogens (tertiary/aromatic N) is 1. The van der Waals surface area contributed by atoms with Gasteiger partial charge < -0.3 is 0 Å². The van der Waals surface area contributed by atoms with Crippen LogP contribution in [0.3, 0.4) is 0 Å². The van der Waals surface area contributed by atoms with Crippen molar-refractivity contribution in [3.8, 4) is 0 Å². The van der Waals surface area contributed by atoms with Crippen molar-refractivity contribution in [2.24, 2.45) is 0 Å². The number of carbonyl (C=O) groups excluding carboxylic acids is 1. The van der Waals surface area contributed by atoms with Crippen molar-refractivity contribution in [1.82, 2.24) is 4.98 Å². The molecule has 0 radical (unpaired) electrons. The second kappa shape index (κ2) is 7.80. The van der Waals surface area contributed by atoms with Crippen molar-refractivity contribution in [3.05, 3.63) is 42.7 Å². The van der Waals surface area contributed by atoms with Crippen molar-refractivity contribution in [2.75, 3.05) is 0 Å². The maximum absolute atomic E-state index is 11.6. The van der Waals surface area contributed by atoms with E-state index in [1.54, 1.807) is 12.4 Å². The van der Waals surface area contributed by atoms with E-state index in [1.807, 2.05) is 18.2 Å². The zero-order chi connectivity index (χ0) is 11.6. The van der Waals surface area contributed by atoms with Crippen LogP contribution >= 0.6 is 0 Å². The molecule has 0 saturated heterocycles. The average Bonchev–Trinajstić information content (AvgIpc) is 2.30. The maximum Gasteiger partial charge on any atom is 0.137 e. The van der Waals surface area contributed by atoms with Gasteiger partial charge in [-0.25, -0.2) is 0 Å². The number of pyridine rings is 1. The number of unbranched alkanes of at least 4 members (excludes halogenated alkanes) is 3. The van der Waals surface area contributed by atoms with Gasteiger partial charge in [0.2, 0.25) is 0 Å². The molecule has 0 spiro atoms. The van der Waals surface area contributed by atoms with Gasteiger partial charge in [0.05, 0.1) is 0 Å². The van der Waals surface area contributed by atoms with Gasteiger partial charge in [-0.15, -0.1) is 6.58 Å². The topological polar surface area (TPSA) is 30.0 Å². The van der Waals surface area contributed by atoms with Crippen LogP contribution in [0.4, 0.5) is 0 Å². The molecule has 0 aromatic carbocycles. The molecule has 1 heterocycles. The van der Waals surface area contributed by atoms with Gasteiger partial charge in [0.15, 0.2) is 0 Å². The van der Waals surface area contributed by atoms with Crippen LogP contribution in [0.25, 0.3) is 0 Å². The average molecular weight is 217 g/mol. The minimum absolute atomic E-state index is 0.312. The van der Waals surface area contributed by atoms with Gasteiger partial charge in [0.25, 0.3) is 0 Å². The fourth-order valence-electron chi connectivity index (χ4n) is 1.61. The third-order valence-corrected chi connectivity index (χ3v) is 2.49. The first-order valence-corrected chi connectivity index (χ1v) is 5.84. The highest BCUT2D eigenvalue weighted by Crippen LogP contribution is 2.06. The highest BCUT2D eigenvalue weighted by molar-refractivity contribution is 5.80. The fraction of sp³-hybridized carbons (Fsp3) is 0.429. The molecule has 0 bridgehead atoms. The largest absolute Gasteiger partial charge is 0.299 e. The Hall–Kier alpha value is -1.44. The van der Waals surface area contributed by atoms with Gasteiger partial charge in [-0.05, 0) is 30.9 Å². The summed E-state index contributed by atoms with van der Waals surface area (Å²) < 4.78 is 0. The lowest BCUT2D eigenvalue weighted by Crippen LogP contribution is -2.02. The summed E-state index contributed by atoms with van der Waals surface area (Å²) in [5, 5.41) is 0. The van der Waals surface area contributed by atoms with E-state index >= 15 is 0 Å². The number of hydrogen-bond donors (Lipinski definition) is 0. The van der Waals surface area contributed by atoms with E-state index in [9.17, 15) is 4.79 Å². The highest BCUT2D eigenvalue weighted by atomic mass is 16.1. The van der Waals surface area contributed by atoms with Crippen LogP contribution in [0.15, 0.2) is 37.2 Å².